The van der Waals surface area contributed by atoms with Crippen LogP contribution >= 0.6 is 0 Å². The molecule has 0 aliphatic carbocycles. The lowest BCUT2D eigenvalue weighted by molar-refractivity contribution is 0.0945. The van der Waals surface area contributed by atoms with Crippen LogP contribution in [-0.4, -0.2) is 24.0 Å². The fourth-order valence-electron chi connectivity index (χ4n) is 1.30. The molecule has 0 aliphatic heterocycles. The molecule has 0 unspecified atom stereocenters. The Morgan fingerprint density at radius 3 is 2.82 bits per heavy atom. The van der Waals surface area contributed by atoms with Crippen LogP contribution in [0.4, 0.5) is 10.2 Å². The molecule has 94 valence electrons. The van der Waals surface area contributed by atoms with E-state index in [0.717, 1.165) is 0 Å². The summed E-state index contributed by atoms with van der Waals surface area (Å²) in [5, 5.41) is 5.44. The third kappa shape index (κ3) is 3.69. The van der Waals surface area contributed by atoms with Crippen molar-refractivity contribution in [3.8, 4) is 0 Å². The van der Waals surface area contributed by atoms with Gasteiger partial charge in [0.05, 0.1) is 5.56 Å². The van der Waals surface area contributed by atoms with Crippen LogP contribution in [-0.2, 0) is 0 Å². The minimum Gasteiger partial charge on any atom is -0.368 e. The Hall–Kier alpha value is -1.65. The summed E-state index contributed by atoms with van der Waals surface area (Å²) in [5.74, 6) is -0.560. The third-order valence-corrected chi connectivity index (χ3v) is 2.15. The van der Waals surface area contributed by atoms with E-state index in [0.29, 0.717) is 19.0 Å². The van der Waals surface area contributed by atoms with Gasteiger partial charge in [0.2, 0.25) is 0 Å². The van der Waals surface area contributed by atoms with E-state index in [-0.39, 0.29) is 11.4 Å². The highest BCUT2D eigenvalue weighted by Crippen LogP contribution is 2.14. The Morgan fingerprint density at radius 2 is 2.24 bits per heavy atom. The number of hydrogen-bond acceptors (Lipinski definition) is 3. The summed E-state index contributed by atoms with van der Waals surface area (Å²) in [4.78, 5) is 15.6. The monoisotopic (exact) mass is 239 g/mol. The molecule has 0 spiro atoms. The molecule has 17 heavy (non-hydrogen) atoms. The van der Waals surface area contributed by atoms with Gasteiger partial charge in [0.15, 0.2) is 11.6 Å². The Labute approximate surface area is 101 Å². The Balaban J connectivity index is 2.83. The molecule has 1 heterocycles. The first kappa shape index (κ1) is 13.4. The second-order valence-electron chi connectivity index (χ2n) is 4.16. The largest absolute Gasteiger partial charge is 0.368 e. The molecule has 0 saturated heterocycles. The topological polar surface area (TPSA) is 54.0 Å². The predicted molar refractivity (Wildman–Crippen MR) is 65.5 cm³/mol. The van der Waals surface area contributed by atoms with Crippen molar-refractivity contribution < 1.29 is 9.18 Å². The summed E-state index contributed by atoms with van der Waals surface area (Å²) in [5.41, 5.74) is 0.0246. The normalized spacial score (nSPS) is 10.4. The summed E-state index contributed by atoms with van der Waals surface area (Å²) in [7, 11) is 0. The van der Waals surface area contributed by atoms with Gasteiger partial charge in [-0.05, 0) is 18.9 Å². The number of carbonyl (C=O) groups excluding carboxylic acids is 1. The second kappa shape index (κ2) is 6.18. The van der Waals surface area contributed by atoms with Gasteiger partial charge in [0, 0.05) is 19.3 Å². The van der Waals surface area contributed by atoms with Gasteiger partial charge in [0.25, 0.3) is 5.91 Å². The van der Waals surface area contributed by atoms with Crippen molar-refractivity contribution in [1.82, 2.24) is 10.3 Å². The molecule has 0 aliphatic rings. The first-order valence-electron chi connectivity index (χ1n) is 5.72. The molecule has 0 radical (unpaired) electrons. The number of hydrogen-bond donors (Lipinski definition) is 2. The SMILES string of the molecule is CCNc1nccc(C(=O)NCC(C)C)c1F. The van der Waals surface area contributed by atoms with Crippen molar-refractivity contribution >= 4 is 11.7 Å². The molecule has 0 atom stereocenters. The van der Waals surface area contributed by atoms with Crippen molar-refractivity contribution in [3.05, 3.63) is 23.6 Å². The van der Waals surface area contributed by atoms with Gasteiger partial charge in [-0.1, -0.05) is 13.8 Å². The fraction of sp³-hybridized carbons (Fsp3) is 0.500. The lowest BCUT2D eigenvalue weighted by atomic mass is 10.2. The number of amides is 1. The van der Waals surface area contributed by atoms with Crippen LogP contribution in [0.15, 0.2) is 12.3 Å². The number of anilines is 1. The molecule has 1 aromatic rings. The number of nitrogens with one attached hydrogen (secondary N) is 2. The maximum Gasteiger partial charge on any atom is 0.254 e. The molecular formula is C12H18FN3O. The van der Waals surface area contributed by atoms with E-state index in [2.05, 4.69) is 15.6 Å². The number of nitrogens with zero attached hydrogens (tertiary/aromatic N) is 1. The summed E-state index contributed by atoms with van der Waals surface area (Å²) in [6.45, 7) is 6.88. The smallest absolute Gasteiger partial charge is 0.254 e. The van der Waals surface area contributed by atoms with Crippen molar-refractivity contribution in [1.29, 1.82) is 0 Å². The predicted octanol–water partition coefficient (Wildman–Crippen LogP) is 2.04. The summed E-state index contributed by atoms with van der Waals surface area (Å²) >= 11 is 0. The standard InChI is InChI=1S/C12H18FN3O/c1-4-14-11-10(13)9(5-6-15-11)12(17)16-7-8(2)3/h5-6,8H,4,7H2,1-3H3,(H,14,15)(H,16,17). The Morgan fingerprint density at radius 1 is 1.53 bits per heavy atom. The molecule has 1 aromatic heterocycles. The summed E-state index contributed by atoms with van der Waals surface area (Å²) in [6.07, 6.45) is 1.42. The maximum absolute atomic E-state index is 13.8. The van der Waals surface area contributed by atoms with Crippen LogP contribution in [0.2, 0.25) is 0 Å². The zero-order valence-electron chi connectivity index (χ0n) is 10.4. The lowest BCUT2D eigenvalue weighted by Gasteiger charge is -2.10. The molecule has 0 fully saturated rings. The van der Waals surface area contributed by atoms with E-state index in [4.69, 9.17) is 0 Å². The number of rotatable bonds is 5. The zero-order chi connectivity index (χ0) is 12.8. The van der Waals surface area contributed by atoms with Crippen LogP contribution in [0.25, 0.3) is 0 Å². The average Bonchev–Trinajstić information content (AvgIpc) is 2.29. The number of pyridine rings is 1. The highest BCUT2D eigenvalue weighted by molar-refractivity contribution is 5.95. The number of carbonyl (C=O) groups is 1. The molecule has 0 bridgehead atoms. The second-order valence-corrected chi connectivity index (χ2v) is 4.16. The minimum absolute atomic E-state index is 0.0246. The first-order valence-corrected chi connectivity index (χ1v) is 5.72. The van der Waals surface area contributed by atoms with Crippen LogP contribution in [0.1, 0.15) is 31.1 Å². The maximum atomic E-state index is 13.8. The quantitative estimate of drug-likeness (QED) is 0.826. The number of halogens is 1. The van der Waals surface area contributed by atoms with E-state index < -0.39 is 11.7 Å². The van der Waals surface area contributed by atoms with Crippen molar-refractivity contribution in [3.63, 3.8) is 0 Å². The van der Waals surface area contributed by atoms with Crippen LogP contribution < -0.4 is 10.6 Å². The average molecular weight is 239 g/mol. The molecular weight excluding hydrogens is 221 g/mol. The number of aromatic nitrogens is 1. The Bertz CT molecular complexity index is 393. The molecule has 4 nitrogen and oxygen atoms in total. The molecule has 5 heteroatoms. The molecule has 0 saturated carbocycles. The Kier molecular flexibility index (Phi) is 4.87. The molecule has 2 N–H and O–H groups in total. The van der Waals surface area contributed by atoms with Gasteiger partial charge in [-0.2, -0.15) is 0 Å². The van der Waals surface area contributed by atoms with Crippen molar-refractivity contribution in [2.24, 2.45) is 5.92 Å². The van der Waals surface area contributed by atoms with Crippen molar-refractivity contribution in [2.45, 2.75) is 20.8 Å². The molecule has 1 rings (SSSR count). The van der Waals surface area contributed by atoms with Gasteiger partial charge in [-0.15, -0.1) is 0 Å². The van der Waals surface area contributed by atoms with E-state index in [1.54, 1.807) is 0 Å². The van der Waals surface area contributed by atoms with E-state index in [9.17, 15) is 9.18 Å². The minimum atomic E-state index is -0.601. The van der Waals surface area contributed by atoms with Crippen LogP contribution in [0, 0.1) is 11.7 Å². The summed E-state index contributed by atoms with van der Waals surface area (Å²) in [6, 6.07) is 1.38. The van der Waals surface area contributed by atoms with Crippen LogP contribution in [0.3, 0.4) is 0 Å². The zero-order valence-corrected chi connectivity index (χ0v) is 10.4. The van der Waals surface area contributed by atoms with E-state index >= 15 is 0 Å². The lowest BCUT2D eigenvalue weighted by Crippen LogP contribution is -2.28. The van der Waals surface area contributed by atoms with Crippen molar-refractivity contribution in [2.75, 3.05) is 18.4 Å². The highest BCUT2D eigenvalue weighted by atomic mass is 19.1. The molecule has 0 aromatic carbocycles. The van der Waals surface area contributed by atoms with E-state index in [1.807, 2.05) is 20.8 Å². The third-order valence-electron chi connectivity index (χ3n) is 2.15. The van der Waals surface area contributed by atoms with Gasteiger partial charge >= 0.3 is 0 Å². The van der Waals surface area contributed by atoms with Crippen LogP contribution in [0.5, 0.6) is 0 Å². The van der Waals surface area contributed by atoms with E-state index in [1.165, 1.54) is 12.3 Å². The van der Waals surface area contributed by atoms with Gasteiger partial charge in [-0.3, -0.25) is 4.79 Å². The summed E-state index contributed by atoms with van der Waals surface area (Å²) < 4.78 is 13.8. The van der Waals surface area contributed by atoms with Gasteiger partial charge < -0.3 is 10.6 Å². The highest BCUT2D eigenvalue weighted by Gasteiger charge is 2.15. The fourth-order valence-corrected chi connectivity index (χ4v) is 1.30. The molecule has 1 amide bonds. The first-order chi connectivity index (χ1) is 8.06. The van der Waals surface area contributed by atoms with Gasteiger partial charge in [-0.25, -0.2) is 9.37 Å². The van der Waals surface area contributed by atoms with Gasteiger partial charge in [0.1, 0.15) is 0 Å².